The van der Waals surface area contributed by atoms with Gasteiger partial charge in [-0.25, -0.2) is 12.8 Å². The normalized spacial score (nSPS) is 24.8. The first-order valence-corrected chi connectivity index (χ1v) is 9.77. The van der Waals surface area contributed by atoms with Crippen LogP contribution in [0.2, 0.25) is 0 Å². The van der Waals surface area contributed by atoms with Gasteiger partial charge in [0.15, 0.2) is 9.84 Å². The Morgan fingerprint density at radius 3 is 2.29 bits per heavy atom. The Morgan fingerprint density at radius 2 is 1.79 bits per heavy atom. The van der Waals surface area contributed by atoms with Crippen molar-refractivity contribution < 1.29 is 26.9 Å². The molecule has 1 aromatic rings. The first kappa shape index (κ1) is 17.9. The van der Waals surface area contributed by atoms with Crippen LogP contribution in [-0.2, 0) is 30.5 Å². The number of hydrogen-bond acceptors (Lipinski definition) is 5. The third kappa shape index (κ3) is 3.38. The van der Waals surface area contributed by atoms with E-state index in [-0.39, 0.29) is 24.2 Å². The second-order valence-electron chi connectivity index (χ2n) is 7.45. The molecule has 2 aliphatic rings. The minimum absolute atomic E-state index is 0.0431. The molecule has 2 aliphatic heterocycles. The largest absolute Gasteiger partial charge is 0.497 e. The average Bonchev–Trinajstić information content (AvgIpc) is 2.62. The number of sulfone groups is 1. The van der Waals surface area contributed by atoms with E-state index in [0.29, 0.717) is 11.0 Å². The van der Waals surface area contributed by atoms with Crippen LogP contribution in [0.1, 0.15) is 33.3 Å². The standard InChI is InChI=1S/C16H22BFO5S/c1-15(2)16(3,4)23-17(22-15)13-6-5-11(7-14(13)18)8-21-12-9-24(19,20)10-12/h5-7,12H,8-10H2,1-4H3. The van der Waals surface area contributed by atoms with Crippen molar-refractivity contribution in [3.05, 3.63) is 29.6 Å². The van der Waals surface area contributed by atoms with Crippen LogP contribution >= 0.6 is 0 Å². The summed E-state index contributed by atoms with van der Waals surface area (Å²) in [6, 6.07) is 4.76. The number of rotatable bonds is 4. The van der Waals surface area contributed by atoms with Gasteiger partial charge in [-0.15, -0.1) is 0 Å². The Morgan fingerprint density at radius 1 is 1.21 bits per heavy atom. The maximum atomic E-state index is 14.4. The SMILES string of the molecule is CC1(C)OB(c2ccc(COC3CS(=O)(=O)C3)cc2F)OC1(C)C. The lowest BCUT2D eigenvalue weighted by Crippen LogP contribution is -2.43. The predicted octanol–water partition coefficient (Wildman–Crippen LogP) is 1.44. The maximum absolute atomic E-state index is 14.4. The zero-order valence-electron chi connectivity index (χ0n) is 14.3. The number of halogens is 1. The molecule has 0 aliphatic carbocycles. The minimum atomic E-state index is -2.92. The molecule has 0 spiro atoms. The van der Waals surface area contributed by atoms with E-state index in [4.69, 9.17) is 14.0 Å². The molecule has 0 radical (unpaired) electrons. The monoisotopic (exact) mass is 356 g/mol. The van der Waals surface area contributed by atoms with E-state index in [0.717, 1.165) is 0 Å². The molecule has 2 saturated heterocycles. The summed E-state index contributed by atoms with van der Waals surface area (Å²) in [5, 5.41) is 0. The van der Waals surface area contributed by atoms with Crippen LogP contribution < -0.4 is 5.46 Å². The molecular weight excluding hydrogens is 334 g/mol. The summed E-state index contributed by atoms with van der Waals surface area (Å²) >= 11 is 0. The van der Waals surface area contributed by atoms with Gasteiger partial charge < -0.3 is 14.0 Å². The van der Waals surface area contributed by atoms with Gasteiger partial charge in [0.05, 0.1) is 35.4 Å². The smallest absolute Gasteiger partial charge is 0.399 e. The second kappa shape index (κ2) is 5.80. The summed E-state index contributed by atoms with van der Waals surface area (Å²) in [5.74, 6) is -0.334. The fraction of sp³-hybridized carbons (Fsp3) is 0.625. The zero-order chi connectivity index (χ0) is 17.8. The Hall–Kier alpha value is -0.955. The van der Waals surface area contributed by atoms with Crippen LogP contribution in [0.3, 0.4) is 0 Å². The van der Waals surface area contributed by atoms with Crippen LogP contribution in [0.25, 0.3) is 0 Å². The van der Waals surface area contributed by atoms with Gasteiger partial charge in [0.1, 0.15) is 5.82 Å². The lowest BCUT2D eigenvalue weighted by atomic mass is 9.78. The molecule has 0 saturated carbocycles. The van der Waals surface area contributed by atoms with Crippen molar-refractivity contribution in [3.63, 3.8) is 0 Å². The van der Waals surface area contributed by atoms with Gasteiger partial charge in [-0.2, -0.15) is 0 Å². The van der Waals surface area contributed by atoms with Gasteiger partial charge in [-0.1, -0.05) is 12.1 Å². The van der Waals surface area contributed by atoms with Gasteiger partial charge in [0.25, 0.3) is 0 Å². The van der Waals surface area contributed by atoms with Gasteiger partial charge in [-0.05, 0) is 39.3 Å². The first-order valence-electron chi connectivity index (χ1n) is 7.95. The van der Waals surface area contributed by atoms with Crippen LogP contribution in [0.4, 0.5) is 4.39 Å². The lowest BCUT2D eigenvalue weighted by molar-refractivity contribution is 0.00578. The highest BCUT2D eigenvalue weighted by Gasteiger charge is 2.52. The summed E-state index contributed by atoms with van der Waals surface area (Å²) in [4.78, 5) is 0. The van der Waals surface area contributed by atoms with Crippen molar-refractivity contribution in [3.8, 4) is 0 Å². The number of hydrogen-bond donors (Lipinski definition) is 0. The molecule has 2 fully saturated rings. The van der Waals surface area contributed by atoms with Crippen molar-refractivity contribution in [1.82, 2.24) is 0 Å². The third-order valence-electron chi connectivity index (χ3n) is 4.94. The van der Waals surface area contributed by atoms with Gasteiger partial charge >= 0.3 is 7.12 Å². The van der Waals surface area contributed by atoms with Crippen LogP contribution in [0, 0.1) is 5.82 Å². The Kier molecular flexibility index (Phi) is 4.31. The lowest BCUT2D eigenvalue weighted by Gasteiger charge is -2.32. The number of ether oxygens (including phenoxy) is 1. The molecule has 24 heavy (non-hydrogen) atoms. The molecule has 0 aromatic heterocycles. The first-order chi connectivity index (χ1) is 11.0. The molecule has 5 nitrogen and oxygen atoms in total. The second-order valence-corrected chi connectivity index (χ2v) is 9.61. The van der Waals surface area contributed by atoms with E-state index in [1.807, 2.05) is 27.7 Å². The molecule has 0 bridgehead atoms. The van der Waals surface area contributed by atoms with Crippen molar-refractivity contribution in [2.24, 2.45) is 0 Å². The van der Waals surface area contributed by atoms with E-state index >= 15 is 0 Å². The van der Waals surface area contributed by atoms with Crippen LogP contribution in [0.15, 0.2) is 18.2 Å². The van der Waals surface area contributed by atoms with E-state index in [1.165, 1.54) is 6.07 Å². The third-order valence-corrected chi connectivity index (χ3v) is 6.70. The van der Waals surface area contributed by atoms with Crippen molar-refractivity contribution in [2.75, 3.05) is 11.5 Å². The van der Waals surface area contributed by atoms with Crippen molar-refractivity contribution in [1.29, 1.82) is 0 Å². The molecular formula is C16H22BFO5S. The van der Waals surface area contributed by atoms with Crippen molar-refractivity contribution in [2.45, 2.75) is 51.6 Å². The molecule has 8 heteroatoms. The Balaban J connectivity index is 1.65. The zero-order valence-corrected chi connectivity index (χ0v) is 15.2. The fourth-order valence-corrected chi connectivity index (χ4v) is 3.88. The molecule has 0 amide bonds. The molecule has 0 atom stereocenters. The fourth-order valence-electron chi connectivity index (χ4n) is 2.65. The molecule has 132 valence electrons. The quantitative estimate of drug-likeness (QED) is 0.764. The van der Waals surface area contributed by atoms with Crippen LogP contribution in [0.5, 0.6) is 0 Å². The molecule has 0 N–H and O–H groups in total. The van der Waals surface area contributed by atoms with E-state index < -0.39 is 34.0 Å². The Labute approximate surface area is 142 Å². The highest BCUT2D eigenvalue weighted by Crippen LogP contribution is 2.36. The Bertz CT molecular complexity index is 719. The van der Waals surface area contributed by atoms with E-state index in [9.17, 15) is 12.8 Å². The minimum Gasteiger partial charge on any atom is -0.399 e. The maximum Gasteiger partial charge on any atom is 0.497 e. The molecule has 2 heterocycles. The summed E-state index contributed by atoms with van der Waals surface area (Å²) < 4.78 is 53.8. The molecule has 1 aromatic carbocycles. The highest BCUT2D eigenvalue weighted by atomic mass is 32.2. The van der Waals surface area contributed by atoms with Gasteiger partial charge in [0.2, 0.25) is 0 Å². The number of benzene rings is 1. The van der Waals surface area contributed by atoms with Gasteiger partial charge in [0, 0.05) is 5.46 Å². The van der Waals surface area contributed by atoms with E-state index in [2.05, 4.69) is 0 Å². The predicted molar refractivity (Wildman–Crippen MR) is 89.3 cm³/mol. The highest BCUT2D eigenvalue weighted by molar-refractivity contribution is 7.92. The average molecular weight is 356 g/mol. The summed E-state index contributed by atoms with van der Waals surface area (Å²) in [6.07, 6.45) is -0.291. The van der Waals surface area contributed by atoms with Crippen molar-refractivity contribution >= 4 is 22.4 Å². The molecule has 3 rings (SSSR count). The van der Waals surface area contributed by atoms with E-state index in [1.54, 1.807) is 12.1 Å². The summed E-state index contributed by atoms with van der Waals surface area (Å²) in [7, 11) is -3.66. The van der Waals surface area contributed by atoms with Crippen LogP contribution in [-0.4, -0.2) is 44.3 Å². The topological polar surface area (TPSA) is 61.8 Å². The summed E-state index contributed by atoms with van der Waals surface area (Å²) in [5.41, 5.74) is -0.0517. The molecule has 0 unspecified atom stereocenters. The summed E-state index contributed by atoms with van der Waals surface area (Å²) in [6.45, 7) is 7.85. The van der Waals surface area contributed by atoms with Gasteiger partial charge in [-0.3, -0.25) is 0 Å².